The lowest BCUT2D eigenvalue weighted by Crippen LogP contribution is -2.20. The summed E-state index contributed by atoms with van der Waals surface area (Å²) in [4.78, 5) is 33.4. The molecular weight excluding hydrogens is 1140 g/mol. The first-order chi connectivity index (χ1) is 44.5. The second-order valence-corrected chi connectivity index (χ2v) is 30.2. The molecule has 0 saturated heterocycles. The molecule has 0 fully saturated rings. The average Bonchev–Trinajstić information content (AvgIpc) is 0.830. The third kappa shape index (κ3) is 15.2. The van der Waals surface area contributed by atoms with Gasteiger partial charge in [0.1, 0.15) is 0 Å². The van der Waals surface area contributed by atoms with Gasteiger partial charge in [0.05, 0.1) is 0 Å². The molecule has 94 heavy (non-hydrogen) atoms. The summed E-state index contributed by atoms with van der Waals surface area (Å²) >= 11 is 0. The molecule has 6 nitrogen and oxygen atoms in total. The largest absolute Gasteiger partial charge is 0.322 e. The Hall–Kier alpha value is -10.0. The quantitative estimate of drug-likeness (QED) is 0.114. The van der Waals surface area contributed by atoms with E-state index in [9.17, 15) is 9.59 Å². The van der Waals surface area contributed by atoms with Crippen molar-refractivity contribution in [3.63, 3.8) is 0 Å². The van der Waals surface area contributed by atoms with Crippen LogP contribution in [0.1, 0.15) is 152 Å². The summed E-state index contributed by atoms with van der Waals surface area (Å²) in [5.74, 6) is -0.631. The Kier molecular flexibility index (Phi) is 18.2. The van der Waals surface area contributed by atoms with Crippen LogP contribution in [0.25, 0.3) is 44.5 Å². The highest BCUT2D eigenvalue weighted by Crippen LogP contribution is 2.41. The lowest BCUT2D eigenvalue weighted by molar-refractivity contribution is 0.102. The van der Waals surface area contributed by atoms with Crippen molar-refractivity contribution < 1.29 is 9.59 Å². The highest BCUT2D eigenvalue weighted by atomic mass is 16.2. The minimum absolute atomic E-state index is 0.0708. The Labute approximate surface area is 559 Å². The number of carbonyl (C=O) groups is 2. The minimum atomic E-state index is -0.365. The lowest BCUT2D eigenvalue weighted by Gasteiger charge is -2.26. The Morgan fingerprint density at radius 2 is 0.394 bits per heavy atom. The third-order valence-corrected chi connectivity index (χ3v) is 17.9. The van der Waals surface area contributed by atoms with E-state index in [0.717, 1.165) is 84.2 Å². The van der Waals surface area contributed by atoms with Crippen LogP contribution in [0.5, 0.6) is 0 Å². The van der Waals surface area contributed by atoms with Crippen LogP contribution in [0.3, 0.4) is 0 Å². The van der Waals surface area contributed by atoms with Crippen LogP contribution in [0, 0.1) is 0 Å². The minimum Gasteiger partial charge on any atom is -0.322 e. The van der Waals surface area contributed by atoms with Crippen LogP contribution < -0.4 is 20.4 Å². The average molecular weight is 1240 g/mol. The van der Waals surface area contributed by atoms with Crippen molar-refractivity contribution in [3.05, 3.63) is 300 Å². The van der Waals surface area contributed by atoms with Gasteiger partial charge in [0.2, 0.25) is 0 Å². The number of benzene rings is 11. The molecule has 0 saturated carbocycles. The maximum absolute atomic E-state index is 14.5. The van der Waals surface area contributed by atoms with Crippen molar-refractivity contribution in [2.75, 3.05) is 20.4 Å². The number of nitrogens with one attached hydrogen (secondary N) is 2. The van der Waals surface area contributed by atoms with Crippen molar-refractivity contribution in [2.24, 2.45) is 0 Å². The molecule has 0 radical (unpaired) electrons. The maximum atomic E-state index is 14.5. The molecule has 474 valence electrons. The molecule has 0 heterocycles. The van der Waals surface area contributed by atoms with E-state index in [0.29, 0.717) is 22.5 Å². The van der Waals surface area contributed by atoms with Gasteiger partial charge in [0.15, 0.2) is 0 Å². The Balaban J connectivity index is 0.835. The van der Waals surface area contributed by atoms with Crippen LogP contribution in [0.15, 0.2) is 261 Å². The zero-order chi connectivity index (χ0) is 66.9. The zero-order valence-corrected chi connectivity index (χ0v) is 57.5. The van der Waals surface area contributed by atoms with Gasteiger partial charge in [0.25, 0.3) is 11.8 Å². The monoisotopic (exact) mass is 1230 g/mol. The highest BCUT2D eigenvalue weighted by Gasteiger charge is 2.24. The molecule has 0 unspecified atom stereocenters. The van der Waals surface area contributed by atoms with E-state index in [-0.39, 0.29) is 38.9 Å². The van der Waals surface area contributed by atoms with Crippen LogP contribution in [-0.4, -0.2) is 11.8 Å². The Bertz CT molecular complexity index is 3930. The fourth-order valence-electron chi connectivity index (χ4n) is 11.9. The highest BCUT2D eigenvalue weighted by molar-refractivity contribution is 6.09. The number of anilines is 8. The van der Waals surface area contributed by atoms with Crippen LogP contribution >= 0.6 is 0 Å². The zero-order valence-electron chi connectivity index (χ0n) is 57.5. The van der Waals surface area contributed by atoms with E-state index < -0.39 is 0 Å². The molecule has 0 spiro atoms. The first-order valence-corrected chi connectivity index (χ1v) is 32.9. The molecular formula is C88H90N4O2. The molecule has 0 bridgehead atoms. The molecule has 2 amide bonds. The number of nitrogens with zero attached hydrogens (tertiary/aromatic N) is 2. The summed E-state index contributed by atoms with van der Waals surface area (Å²) < 4.78 is 0. The van der Waals surface area contributed by atoms with Gasteiger partial charge >= 0.3 is 0 Å². The van der Waals surface area contributed by atoms with Crippen molar-refractivity contribution in [1.82, 2.24) is 0 Å². The van der Waals surface area contributed by atoms with Crippen LogP contribution in [0.4, 0.5) is 45.5 Å². The van der Waals surface area contributed by atoms with E-state index in [4.69, 9.17) is 0 Å². The van der Waals surface area contributed by atoms with Gasteiger partial charge in [-0.05, 0) is 215 Å². The summed E-state index contributed by atoms with van der Waals surface area (Å²) in [6.45, 7) is 33.1. The molecule has 0 atom stereocenters. The van der Waals surface area contributed by atoms with Gasteiger partial charge < -0.3 is 20.4 Å². The summed E-state index contributed by atoms with van der Waals surface area (Å²) in [5, 5.41) is 6.32. The standard InChI is InChI=1S/C88H90N4O2/c1-84(2,3)69-32-16-59(17-33-69)63-24-44-76(45-25-63)91(77-46-26-64(27-47-77)60-18-34-70(35-19-60)85(4,5)6)80-52-40-74(41-53-80)89-82(93)67-56-68(58-73(57-67)88(13,14)15)83(94)90-75-42-54-81(55-43-75)92(78-48-28-65(29-49-78)61-20-36-71(37-21-61)86(7,8)9)79-50-30-66(31-51-79)62-22-38-72(39-23-62)87(10,11)12/h16-58H,1-15H3,(H,89,93)(H,90,94). The molecule has 0 aliphatic carbocycles. The molecule has 0 aliphatic heterocycles. The Morgan fingerprint density at radius 3 is 0.574 bits per heavy atom. The number of rotatable bonds is 14. The molecule has 6 heteroatoms. The number of hydrogen-bond acceptors (Lipinski definition) is 4. The van der Waals surface area contributed by atoms with Gasteiger partial charge in [-0.1, -0.05) is 249 Å². The summed E-state index contributed by atoms with van der Waals surface area (Å²) in [5.41, 5.74) is 23.0. The van der Waals surface area contributed by atoms with Crippen LogP contribution in [0.2, 0.25) is 0 Å². The summed E-state index contributed by atoms with van der Waals surface area (Å²) in [6, 6.07) is 91.6. The predicted molar refractivity (Wildman–Crippen MR) is 400 cm³/mol. The number of amides is 2. The first kappa shape index (κ1) is 65.5. The van der Waals surface area contributed by atoms with E-state index >= 15 is 0 Å². The van der Waals surface area contributed by atoms with Gasteiger partial charge in [-0.3, -0.25) is 9.59 Å². The normalized spacial score (nSPS) is 12.1. The maximum Gasteiger partial charge on any atom is 0.255 e. The van der Waals surface area contributed by atoms with Crippen molar-refractivity contribution in [2.45, 2.75) is 131 Å². The molecule has 11 aromatic rings. The Morgan fingerprint density at radius 1 is 0.223 bits per heavy atom. The topological polar surface area (TPSA) is 64.7 Å². The van der Waals surface area contributed by atoms with E-state index in [1.807, 2.05) is 60.7 Å². The molecule has 11 rings (SSSR count). The first-order valence-electron chi connectivity index (χ1n) is 32.9. The summed E-state index contributed by atoms with van der Waals surface area (Å²) in [6.07, 6.45) is 0. The SMILES string of the molecule is CC(C)(C)c1ccc(-c2ccc(N(c3ccc(NC(=O)c4cc(C(=O)Nc5ccc(N(c6ccc(-c7ccc(C(C)(C)C)cc7)cc6)c6ccc(-c7ccc(C(C)(C)C)cc7)cc6)cc5)cc(C(C)(C)C)c4)cc3)c3ccc(-c4ccc(C(C)(C)C)cc4)cc3)cc2)cc1. The van der Waals surface area contributed by atoms with Crippen molar-refractivity contribution >= 4 is 57.3 Å². The molecule has 11 aromatic carbocycles. The molecule has 0 aliphatic rings. The molecule has 2 N–H and O–H groups in total. The number of hydrogen-bond donors (Lipinski definition) is 2. The number of carbonyl (C=O) groups excluding carboxylic acids is 2. The van der Waals surface area contributed by atoms with Crippen molar-refractivity contribution in [1.29, 1.82) is 0 Å². The second kappa shape index (κ2) is 26.2. The van der Waals surface area contributed by atoms with E-state index in [2.05, 4.69) is 318 Å². The molecule has 0 aromatic heterocycles. The smallest absolute Gasteiger partial charge is 0.255 e. The third-order valence-electron chi connectivity index (χ3n) is 17.9. The summed E-state index contributed by atoms with van der Waals surface area (Å²) in [7, 11) is 0. The van der Waals surface area contributed by atoms with E-state index in [1.54, 1.807) is 6.07 Å². The lowest BCUT2D eigenvalue weighted by atomic mass is 9.85. The van der Waals surface area contributed by atoms with Gasteiger partial charge in [-0.15, -0.1) is 0 Å². The fraction of sp³-hybridized carbons (Fsp3) is 0.227. The van der Waals surface area contributed by atoms with Gasteiger partial charge in [0, 0.05) is 56.6 Å². The second-order valence-electron chi connectivity index (χ2n) is 30.2. The van der Waals surface area contributed by atoms with E-state index in [1.165, 1.54) is 22.3 Å². The van der Waals surface area contributed by atoms with Gasteiger partial charge in [-0.2, -0.15) is 0 Å². The fourth-order valence-corrected chi connectivity index (χ4v) is 11.9. The van der Waals surface area contributed by atoms with Crippen LogP contribution in [-0.2, 0) is 27.1 Å². The van der Waals surface area contributed by atoms with Gasteiger partial charge in [-0.25, -0.2) is 0 Å². The predicted octanol–water partition coefficient (Wildman–Crippen LogP) is 24.3. The van der Waals surface area contributed by atoms with Crippen molar-refractivity contribution in [3.8, 4) is 44.5 Å².